The Balaban J connectivity index is 0.000000269. The molecule has 0 aromatic heterocycles. The Bertz CT molecular complexity index is 4890. The van der Waals surface area contributed by atoms with Crippen molar-refractivity contribution in [3.8, 4) is 85.1 Å². The van der Waals surface area contributed by atoms with Crippen molar-refractivity contribution in [3.05, 3.63) is 273 Å². The second-order valence-corrected chi connectivity index (χ2v) is 28.7. The number of carboxylic acid groups (broad SMARTS) is 1. The molecule has 123 heavy (non-hydrogen) atoms. The molecule has 1 aliphatic heterocycles. The normalized spacial score (nSPS) is 11.7. The first-order valence-corrected chi connectivity index (χ1v) is 40.0. The van der Waals surface area contributed by atoms with E-state index in [0.29, 0.717) is 96.2 Å². The highest BCUT2D eigenvalue weighted by molar-refractivity contribution is 9.10. The Morgan fingerprint density at radius 3 is 0.862 bits per heavy atom. The number of esters is 6. The van der Waals surface area contributed by atoms with Crippen LogP contribution in [0.5, 0.6) is 51.7 Å². The molecule has 1 fully saturated rings. The van der Waals surface area contributed by atoms with Gasteiger partial charge in [0.05, 0.1) is 103 Å². The van der Waals surface area contributed by atoms with E-state index in [4.69, 9.17) is 66.9 Å². The van der Waals surface area contributed by atoms with Crippen molar-refractivity contribution < 1.29 is 131 Å². The Morgan fingerprint density at radius 1 is 0.333 bits per heavy atom. The van der Waals surface area contributed by atoms with Crippen molar-refractivity contribution in [2.24, 2.45) is 0 Å². The average molecular weight is 1820 g/mol. The second kappa shape index (κ2) is 50.5. The summed E-state index contributed by atoms with van der Waals surface area (Å²) in [5.41, 5.74) is 6.82. The summed E-state index contributed by atoms with van der Waals surface area (Å²) in [4.78, 5) is 81.7. The van der Waals surface area contributed by atoms with Crippen LogP contribution in [0.4, 0.5) is 0 Å². The summed E-state index contributed by atoms with van der Waals surface area (Å²) in [6.07, 6.45) is 6.55. The van der Waals surface area contributed by atoms with Gasteiger partial charge in [-0.25, -0.2) is 33.6 Å². The predicted molar refractivity (Wildman–Crippen MR) is 472 cm³/mol. The topological polar surface area (TPSA) is 392 Å². The van der Waals surface area contributed by atoms with Crippen LogP contribution >= 0.6 is 31.9 Å². The molecule has 652 valence electrons. The van der Waals surface area contributed by atoms with Gasteiger partial charge in [-0.1, -0.05) is 82.5 Å². The van der Waals surface area contributed by atoms with E-state index in [9.17, 15) is 64.2 Å². The SMILES string of the molecule is C=CCOc1cc(C(=O)OCC)cc(-c2cc(OCC=C)cc(C(=O)OCC)c2)c1.C=CCOc1cc(CO)cc(-c2cc(CO)cc(OCC=C)c2)c1.CCOC(=O)c1cc(O)cc(-c2cc(O)cc(C(=O)OCC)c2)c1.CCOC(=O)c1cc(O)cc(B2OC(C)(C)C(C)(C)O2)c1.CCOC(=O)c1cc(O)cc(Br)c1.O=C(O)c1cc(O)cc(Br)c1. The minimum absolute atomic E-state index is 0.0229. The summed E-state index contributed by atoms with van der Waals surface area (Å²) in [5, 5.41) is 75.1. The number of rotatable bonds is 31. The van der Waals surface area contributed by atoms with Crippen LogP contribution in [-0.4, -0.2) is 167 Å². The molecule has 0 saturated carbocycles. The van der Waals surface area contributed by atoms with Gasteiger partial charge in [-0.2, -0.15) is 0 Å². The number of phenolic OH excluding ortho intramolecular Hbond substituents is 5. The maximum Gasteiger partial charge on any atom is 0.494 e. The van der Waals surface area contributed by atoms with E-state index < -0.39 is 60.1 Å². The van der Waals surface area contributed by atoms with Gasteiger partial charge < -0.3 is 97.5 Å². The van der Waals surface area contributed by atoms with Crippen LogP contribution in [0.3, 0.4) is 0 Å². The lowest BCUT2D eigenvalue weighted by atomic mass is 9.78. The van der Waals surface area contributed by atoms with Crippen molar-refractivity contribution in [1.29, 1.82) is 0 Å². The van der Waals surface area contributed by atoms with Gasteiger partial charge in [0.15, 0.2) is 0 Å². The lowest BCUT2D eigenvalue weighted by Gasteiger charge is -2.32. The molecule has 1 aliphatic rings. The average Bonchev–Trinajstić information content (AvgIpc) is 1.66. The fraction of sp³-hybridized carbons (Fsp3) is 0.258. The van der Waals surface area contributed by atoms with Gasteiger partial charge in [-0.3, -0.25) is 0 Å². The van der Waals surface area contributed by atoms with E-state index in [-0.39, 0.29) is 110 Å². The smallest absolute Gasteiger partial charge is 0.494 e. The van der Waals surface area contributed by atoms with E-state index in [1.54, 1.807) is 127 Å². The van der Waals surface area contributed by atoms with Crippen LogP contribution in [0, 0.1) is 0 Å². The molecule has 8 N–H and O–H groups in total. The number of aliphatic hydroxyl groups excluding tert-OH is 2. The molecule has 1 saturated heterocycles. The van der Waals surface area contributed by atoms with Crippen LogP contribution in [0.2, 0.25) is 0 Å². The number of ether oxygens (including phenoxy) is 10. The molecule has 0 radical (unpaired) electrons. The van der Waals surface area contributed by atoms with Gasteiger partial charge in [0.1, 0.15) is 78.2 Å². The van der Waals surface area contributed by atoms with Gasteiger partial charge in [0, 0.05) is 8.95 Å². The number of carbonyl (C=O) groups excluding carboxylic acids is 6. The molecule has 0 amide bonds. The van der Waals surface area contributed by atoms with Crippen LogP contribution in [0.1, 0.15) is 153 Å². The number of benzene rings is 9. The zero-order valence-electron chi connectivity index (χ0n) is 69.9. The number of aromatic hydroxyl groups is 5. The van der Waals surface area contributed by atoms with E-state index in [1.807, 2.05) is 52.0 Å². The van der Waals surface area contributed by atoms with Gasteiger partial charge in [-0.15, -0.1) is 0 Å². The highest BCUT2D eigenvalue weighted by Gasteiger charge is 2.52. The quantitative estimate of drug-likeness (QED) is 0.00866. The van der Waals surface area contributed by atoms with Crippen molar-refractivity contribution >= 4 is 86.2 Å². The van der Waals surface area contributed by atoms with E-state index in [2.05, 4.69) is 58.2 Å². The first-order valence-electron chi connectivity index (χ1n) is 38.4. The molecular formula is C93H101BBr2O27. The molecule has 30 heteroatoms. The maximum atomic E-state index is 12.3. The molecule has 0 aliphatic carbocycles. The summed E-state index contributed by atoms with van der Waals surface area (Å²) < 4.78 is 65.3. The van der Waals surface area contributed by atoms with Crippen molar-refractivity contribution in [2.75, 3.05) is 66.1 Å². The fourth-order valence-corrected chi connectivity index (χ4v) is 11.9. The second-order valence-electron chi connectivity index (χ2n) is 26.9. The summed E-state index contributed by atoms with van der Waals surface area (Å²) in [7, 11) is -0.629. The lowest BCUT2D eigenvalue weighted by Crippen LogP contribution is -2.41. The number of carboxylic acids is 1. The van der Waals surface area contributed by atoms with Crippen molar-refractivity contribution in [1.82, 2.24) is 0 Å². The van der Waals surface area contributed by atoms with Crippen LogP contribution < -0.4 is 24.4 Å². The van der Waals surface area contributed by atoms with Gasteiger partial charge in [-0.05, 0) is 283 Å². The minimum atomic E-state index is -1.05. The first kappa shape index (κ1) is 101. The third-order valence-electron chi connectivity index (χ3n) is 17.0. The summed E-state index contributed by atoms with van der Waals surface area (Å²) in [6, 6.07) is 42.7. The molecule has 10 rings (SSSR count). The standard InChI is InChI=1S/C24H26O6.C20H22O4.C18H18O6.C15H21BO5.C9H9BrO3.C7H5BrO3/c1-5-9-29-21-13-17(11-19(15-21)23(25)27-7-3)18-12-20(24(26)28-8-4)16-22(14-18)30-10-6-2;1-3-5-23-19-9-15(13-21)7-17(11-19)18-8-16(14-22)10-20(12-18)24-6-4-2;1-3-23-17(21)13-5-11(7-15(19)9-13)12-6-14(10-16(20)8-12)18(22)24-4-2;1-6-19-13(18)10-7-11(9-12(17)8-10)16-20-14(2,3)15(4,5)21-16;1-2-13-9(12)6-3-7(10)5-8(11)4-6;8-5-1-4(7(10)11)2-6(9)3-5/h5-6,11-16H,1-2,7-10H2,3-4H3;3-4,7-12,21-22H,1-2,5-6,13-14H2;5-10,19-20H,3-4H2,1-2H3;7-9,17H,6H2,1-5H3;3-5,11H,2H2,1H3;1-3,9H,(H,10,11). The number of hydrogen-bond donors (Lipinski definition) is 8. The molecular weight excluding hydrogens is 1720 g/mol. The van der Waals surface area contributed by atoms with Gasteiger partial charge in [0.25, 0.3) is 0 Å². The monoisotopic (exact) mass is 1820 g/mol. The molecule has 0 atom stereocenters. The Labute approximate surface area is 731 Å². The molecule has 0 bridgehead atoms. The molecule has 1 heterocycles. The van der Waals surface area contributed by atoms with E-state index in [0.717, 1.165) is 22.3 Å². The Morgan fingerprint density at radius 2 is 0.577 bits per heavy atom. The number of hydrogen-bond acceptors (Lipinski definition) is 26. The minimum Gasteiger partial charge on any atom is -0.508 e. The zero-order chi connectivity index (χ0) is 91.1. The van der Waals surface area contributed by atoms with Crippen LogP contribution in [-0.2, 0) is 50.9 Å². The molecule has 0 spiro atoms. The molecule has 27 nitrogen and oxygen atoms in total. The molecule has 9 aromatic rings. The van der Waals surface area contributed by atoms with Gasteiger partial charge >= 0.3 is 48.9 Å². The number of phenols is 5. The van der Waals surface area contributed by atoms with E-state index in [1.165, 1.54) is 78.9 Å². The largest absolute Gasteiger partial charge is 0.508 e. The number of aliphatic hydroxyl groups is 2. The first-order chi connectivity index (χ1) is 58.5. The number of halogens is 2. The fourth-order valence-electron chi connectivity index (χ4n) is 10.9. The predicted octanol–water partition coefficient (Wildman–Crippen LogP) is 17.5. The van der Waals surface area contributed by atoms with Crippen LogP contribution in [0.25, 0.3) is 33.4 Å². The third-order valence-corrected chi connectivity index (χ3v) is 17.9. The van der Waals surface area contributed by atoms with Crippen molar-refractivity contribution in [3.63, 3.8) is 0 Å². The third kappa shape index (κ3) is 32.7. The molecule has 9 aromatic carbocycles. The zero-order valence-corrected chi connectivity index (χ0v) is 73.1. The highest BCUT2D eigenvalue weighted by Crippen LogP contribution is 2.38. The summed E-state index contributed by atoms with van der Waals surface area (Å²) >= 11 is 6.22. The molecule has 0 unspecified atom stereocenters. The Hall–Kier alpha value is -12.7. The van der Waals surface area contributed by atoms with Gasteiger partial charge in [0.2, 0.25) is 0 Å². The summed E-state index contributed by atoms with van der Waals surface area (Å²) in [6.45, 7) is 35.3. The maximum absolute atomic E-state index is 12.3. The summed E-state index contributed by atoms with van der Waals surface area (Å²) in [5.74, 6) is -2.07. The number of aromatic carboxylic acids is 1. The van der Waals surface area contributed by atoms with Crippen LogP contribution in [0.15, 0.2) is 223 Å². The lowest BCUT2D eigenvalue weighted by molar-refractivity contribution is 0.00578. The Kier molecular flexibility index (Phi) is 41.4. The highest BCUT2D eigenvalue weighted by atomic mass is 79.9. The van der Waals surface area contributed by atoms with Crippen molar-refractivity contribution in [2.45, 2.75) is 93.7 Å². The number of carbonyl (C=O) groups is 7. The van der Waals surface area contributed by atoms with E-state index >= 15 is 0 Å².